The molecule has 4 rings (SSSR count). The van der Waals surface area contributed by atoms with E-state index in [4.69, 9.17) is 0 Å². The van der Waals surface area contributed by atoms with Gasteiger partial charge in [0.2, 0.25) is 0 Å². The highest BCUT2D eigenvalue weighted by molar-refractivity contribution is 7.90. The number of aliphatic imine (C=N–C) groups is 1. The summed E-state index contributed by atoms with van der Waals surface area (Å²) in [6.07, 6.45) is 3.02. The van der Waals surface area contributed by atoms with Crippen LogP contribution in [0.2, 0.25) is 0 Å². The number of nitrogens with zero attached hydrogens (tertiary/aromatic N) is 1. The van der Waals surface area contributed by atoms with Crippen LogP contribution in [0.25, 0.3) is 0 Å². The maximum atomic E-state index is 13.0. The number of benzene rings is 3. The molecule has 0 unspecified atom stereocenters. The van der Waals surface area contributed by atoms with Crippen molar-refractivity contribution in [2.75, 3.05) is 11.9 Å². The van der Waals surface area contributed by atoms with Gasteiger partial charge in [-0.05, 0) is 54.7 Å². The molecule has 0 fully saturated rings. The van der Waals surface area contributed by atoms with Crippen LogP contribution in [0.4, 0.5) is 5.69 Å². The third kappa shape index (κ3) is 5.42. The molecule has 7 heteroatoms. The average Bonchev–Trinajstić information content (AvgIpc) is 3.31. The molecule has 164 valence electrons. The first-order chi connectivity index (χ1) is 15.5. The number of hydrogen-bond acceptors (Lipinski definition) is 4. The van der Waals surface area contributed by atoms with Gasteiger partial charge in [0.1, 0.15) is 5.84 Å². The summed E-state index contributed by atoms with van der Waals surface area (Å²) in [4.78, 5) is 17.2. The second-order valence-electron chi connectivity index (χ2n) is 7.66. The molecule has 1 aliphatic heterocycles. The van der Waals surface area contributed by atoms with Gasteiger partial charge in [0, 0.05) is 24.2 Å². The minimum absolute atomic E-state index is 0.0854. The van der Waals surface area contributed by atoms with Gasteiger partial charge in [-0.3, -0.25) is 14.5 Å². The zero-order chi connectivity index (χ0) is 22.4. The van der Waals surface area contributed by atoms with E-state index in [1.807, 2.05) is 36.4 Å². The summed E-state index contributed by atoms with van der Waals surface area (Å²) in [7, 11) is -3.75. The summed E-state index contributed by atoms with van der Waals surface area (Å²) in [6.45, 7) is 0.637. The van der Waals surface area contributed by atoms with Crippen LogP contribution in [0.1, 0.15) is 34.3 Å². The normalized spacial score (nSPS) is 13.4. The van der Waals surface area contributed by atoms with Gasteiger partial charge in [0.15, 0.2) is 0 Å². The van der Waals surface area contributed by atoms with Crippen molar-refractivity contribution in [1.82, 2.24) is 4.72 Å². The predicted molar refractivity (Wildman–Crippen MR) is 127 cm³/mol. The lowest BCUT2D eigenvalue weighted by Gasteiger charge is -2.12. The van der Waals surface area contributed by atoms with E-state index in [1.54, 1.807) is 18.2 Å². The zero-order valence-corrected chi connectivity index (χ0v) is 18.4. The third-order valence-electron chi connectivity index (χ3n) is 5.32. The van der Waals surface area contributed by atoms with Gasteiger partial charge in [0.25, 0.3) is 15.9 Å². The quantitative estimate of drug-likeness (QED) is 0.569. The molecule has 1 heterocycles. The molecule has 3 aromatic carbocycles. The van der Waals surface area contributed by atoms with E-state index >= 15 is 0 Å². The fourth-order valence-electron chi connectivity index (χ4n) is 3.66. The Labute approximate surface area is 188 Å². The molecule has 0 saturated heterocycles. The van der Waals surface area contributed by atoms with Crippen molar-refractivity contribution < 1.29 is 13.2 Å². The molecule has 0 bridgehead atoms. The third-order valence-corrected chi connectivity index (χ3v) is 6.70. The predicted octanol–water partition coefficient (Wildman–Crippen LogP) is 4.19. The molecule has 1 amide bonds. The zero-order valence-electron chi connectivity index (χ0n) is 17.6. The van der Waals surface area contributed by atoms with Gasteiger partial charge in [-0.15, -0.1) is 0 Å². The number of hydrogen-bond donors (Lipinski definition) is 2. The molecule has 6 nitrogen and oxygen atoms in total. The van der Waals surface area contributed by atoms with Crippen molar-refractivity contribution in [3.63, 3.8) is 0 Å². The second kappa shape index (κ2) is 9.78. The molecule has 3 aromatic rings. The summed E-state index contributed by atoms with van der Waals surface area (Å²) in [5, 5.41) is 2.84. The molecule has 0 aliphatic carbocycles. The van der Waals surface area contributed by atoms with E-state index < -0.39 is 10.0 Å². The molecule has 2 N–H and O–H groups in total. The smallest absolute Gasteiger partial charge is 0.262 e. The maximum Gasteiger partial charge on any atom is 0.262 e. The summed E-state index contributed by atoms with van der Waals surface area (Å²) >= 11 is 0. The van der Waals surface area contributed by atoms with Gasteiger partial charge < -0.3 is 5.32 Å². The van der Waals surface area contributed by atoms with Crippen molar-refractivity contribution in [2.24, 2.45) is 4.99 Å². The Balaban J connectivity index is 1.48. The van der Waals surface area contributed by atoms with E-state index in [0.717, 1.165) is 24.8 Å². The molecule has 0 aromatic heterocycles. The Kier molecular flexibility index (Phi) is 6.66. The Hall–Kier alpha value is -3.45. The van der Waals surface area contributed by atoms with E-state index in [2.05, 4.69) is 27.2 Å². The number of rotatable bonds is 7. The number of amidine groups is 1. The second-order valence-corrected chi connectivity index (χ2v) is 9.34. The van der Waals surface area contributed by atoms with Gasteiger partial charge >= 0.3 is 0 Å². The minimum Gasteiger partial charge on any atom is -0.322 e. The highest BCUT2D eigenvalue weighted by Crippen LogP contribution is 2.19. The molecule has 1 aliphatic rings. The van der Waals surface area contributed by atoms with Gasteiger partial charge in [-0.1, -0.05) is 54.6 Å². The summed E-state index contributed by atoms with van der Waals surface area (Å²) in [5.41, 5.74) is 3.15. The van der Waals surface area contributed by atoms with E-state index in [0.29, 0.717) is 30.1 Å². The number of sulfonamides is 1. The molecule has 0 radical (unpaired) electrons. The lowest BCUT2D eigenvalue weighted by molar-refractivity contribution is 0.102. The number of anilines is 1. The standard InChI is InChI=1S/C25H25N3O3S/c29-25(23-13-5-4-10-20(23)16-15-19-8-2-1-3-9-19)27-21-11-6-12-22(18-21)32(30,31)28-24-14-7-17-26-24/h1-6,8-13,18H,7,14-17H2,(H,26,28)(H,27,29). The van der Waals surface area contributed by atoms with Crippen LogP contribution in [-0.2, 0) is 22.9 Å². The van der Waals surface area contributed by atoms with Crippen molar-refractivity contribution in [1.29, 1.82) is 0 Å². The van der Waals surface area contributed by atoms with Crippen LogP contribution in [-0.4, -0.2) is 26.7 Å². The fourth-order valence-corrected chi connectivity index (χ4v) is 4.79. The number of amides is 1. The van der Waals surface area contributed by atoms with E-state index in [1.165, 1.54) is 17.7 Å². The first-order valence-corrected chi connectivity index (χ1v) is 12.1. The maximum absolute atomic E-state index is 13.0. The summed E-state index contributed by atoms with van der Waals surface area (Å²) < 4.78 is 27.9. The van der Waals surface area contributed by atoms with E-state index in [9.17, 15) is 13.2 Å². The largest absolute Gasteiger partial charge is 0.322 e. The molecule has 0 atom stereocenters. The molecule has 0 spiro atoms. The lowest BCUT2D eigenvalue weighted by Crippen LogP contribution is -2.29. The Morgan fingerprint density at radius 3 is 2.47 bits per heavy atom. The molecular formula is C25H25N3O3S. The number of carbonyl (C=O) groups excluding carboxylic acids is 1. The molecular weight excluding hydrogens is 422 g/mol. The van der Waals surface area contributed by atoms with Crippen LogP contribution in [0, 0.1) is 0 Å². The topological polar surface area (TPSA) is 87.6 Å². The summed E-state index contributed by atoms with van der Waals surface area (Å²) in [6, 6.07) is 23.9. The van der Waals surface area contributed by atoms with Crippen molar-refractivity contribution in [3.8, 4) is 0 Å². The van der Waals surface area contributed by atoms with Crippen LogP contribution < -0.4 is 10.0 Å². The van der Waals surface area contributed by atoms with E-state index in [-0.39, 0.29) is 10.8 Å². The highest BCUT2D eigenvalue weighted by atomic mass is 32.2. The highest BCUT2D eigenvalue weighted by Gasteiger charge is 2.19. The average molecular weight is 448 g/mol. The fraction of sp³-hybridized carbons (Fsp3) is 0.200. The monoisotopic (exact) mass is 447 g/mol. The number of carbonyl (C=O) groups is 1. The van der Waals surface area contributed by atoms with Crippen LogP contribution in [0.15, 0.2) is 88.8 Å². The van der Waals surface area contributed by atoms with Crippen LogP contribution in [0.3, 0.4) is 0 Å². The first-order valence-electron chi connectivity index (χ1n) is 10.6. The SMILES string of the molecule is O=C(Nc1cccc(S(=O)(=O)NC2=NCCC2)c1)c1ccccc1CCc1ccccc1. The summed E-state index contributed by atoms with van der Waals surface area (Å²) in [5.74, 6) is 0.211. The van der Waals surface area contributed by atoms with Crippen LogP contribution in [0.5, 0.6) is 0 Å². The molecule has 32 heavy (non-hydrogen) atoms. The van der Waals surface area contributed by atoms with Gasteiger partial charge in [-0.2, -0.15) is 0 Å². The Morgan fingerprint density at radius 1 is 0.906 bits per heavy atom. The van der Waals surface area contributed by atoms with Crippen molar-refractivity contribution in [2.45, 2.75) is 30.6 Å². The Morgan fingerprint density at radius 2 is 1.69 bits per heavy atom. The first kappa shape index (κ1) is 21.8. The minimum atomic E-state index is -3.75. The number of nitrogens with one attached hydrogen (secondary N) is 2. The lowest BCUT2D eigenvalue weighted by atomic mass is 9.99. The van der Waals surface area contributed by atoms with Gasteiger partial charge in [-0.25, -0.2) is 8.42 Å². The number of aryl methyl sites for hydroxylation is 2. The molecule has 0 saturated carbocycles. The van der Waals surface area contributed by atoms with Crippen molar-refractivity contribution >= 4 is 27.5 Å². The van der Waals surface area contributed by atoms with Crippen LogP contribution >= 0.6 is 0 Å². The Bertz CT molecular complexity index is 1240. The van der Waals surface area contributed by atoms with Gasteiger partial charge in [0.05, 0.1) is 4.90 Å². The van der Waals surface area contributed by atoms with Crippen molar-refractivity contribution in [3.05, 3.63) is 95.6 Å².